The monoisotopic (exact) mass is 328 g/mol. The molecule has 0 saturated carbocycles. The first kappa shape index (κ1) is 20.2. The lowest BCUT2D eigenvalue weighted by Gasteiger charge is -2.31. The van der Waals surface area contributed by atoms with Crippen LogP contribution in [-0.4, -0.2) is 76.1 Å². The molecular weight excluding hydrogens is 292 g/mol. The Bertz CT molecular complexity index is 339. The first-order valence-corrected chi connectivity index (χ1v) is 8.84. The summed E-state index contributed by atoms with van der Waals surface area (Å²) in [5.74, 6) is 0.876. The number of hydrogen-bond acceptors (Lipinski definition) is 4. The molecule has 0 aromatic carbocycles. The van der Waals surface area contributed by atoms with Gasteiger partial charge in [0.25, 0.3) is 0 Å². The predicted octanol–water partition coefficient (Wildman–Crippen LogP) is 1.47. The molecule has 0 radical (unpaired) electrons. The van der Waals surface area contributed by atoms with Gasteiger partial charge in [0.15, 0.2) is 5.96 Å². The van der Waals surface area contributed by atoms with E-state index >= 15 is 0 Å². The smallest absolute Gasteiger partial charge is 0.191 e. The fourth-order valence-corrected chi connectivity index (χ4v) is 2.13. The first-order chi connectivity index (χ1) is 11.0. The molecule has 0 amide bonds. The molecule has 1 heterocycles. The van der Waals surface area contributed by atoms with Crippen molar-refractivity contribution in [2.24, 2.45) is 4.99 Å². The van der Waals surface area contributed by atoms with Crippen molar-refractivity contribution in [1.82, 2.24) is 15.5 Å². The second-order valence-corrected chi connectivity index (χ2v) is 6.89. The van der Waals surface area contributed by atoms with E-state index in [2.05, 4.69) is 55.4 Å². The highest BCUT2D eigenvalue weighted by molar-refractivity contribution is 5.79. The fraction of sp³-hybridized carbons (Fsp3) is 0.941. The van der Waals surface area contributed by atoms with Gasteiger partial charge < -0.3 is 25.0 Å². The van der Waals surface area contributed by atoms with Gasteiger partial charge in [0.05, 0.1) is 19.3 Å². The standard InChI is InChI=1S/C17H36N4O2/c1-6-18-16(20-14-17(2,3)21(4)5)19-10-8-11-22-13-15-9-7-12-23-15/h15H,6-14H2,1-5H3,(H2,18,19,20). The molecule has 0 aromatic rings. The molecule has 2 N–H and O–H groups in total. The van der Waals surface area contributed by atoms with Crippen LogP contribution in [0.1, 0.15) is 40.0 Å². The van der Waals surface area contributed by atoms with Crippen molar-refractivity contribution in [2.75, 3.05) is 53.6 Å². The fourth-order valence-electron chi connectivity index (χ4n) is 2.13. The Morgan fingerprint density at radius 2 is 2.13 bits per heavy atom. The third kappa shape index (κ3) is 8.53. The second-order valence-electron chi connectivity index (χ2n) is 6.89. The Morgan fingerprint density at radius 3 is 2.74 bits per heavy atom. The van der Waals surface area contributed by atoms with E-state index in [-0.39, 0.29) is 5.54 Å². The Morgan fingerprint density at radius 1 is 1.35 bits per heavy atom. The first-order valence-electron chi connectivity index (χ1n) is 8.84. The van der Waals surface area contributed by atoms with Crippen LogP contribution in [0.2, 0.25) is 0 Å². The summed E-state index contributed by atoms with van der Waals surface area (Å²) in [6.45, 7) is 11.3. The number of guanidine groups is 1. The van der Waals surface area contributed by atoms with Crippen molar-refractivity contribution in [3.05, 3.63) is 0 Å². The van der Waals surface area contributed by atoms with E-state index in [1.54, 1.807) is 0 Å². The highest BCUT2D eigenvalue weighted by Crippen LogP contribution is 2.12. The maximum Gasteiger partial charge on any atom is 0.191 e. The molecule has 23 heavy (non-hydrogen) atoms. The Labute approximate surface area is 142 Å². The molecule has 1 saturated heterocycles. The van der Waals surface area contributed by atoms with Gasteiger partial charge in [0, 0.05) is 31.8 Å². The molecule has 0 aromatic heterocycles. The topological polar surface area (TPSA) is 58.1 Å². The summed E-state index contributed by atoms with van der Waals surface area (Å²) >= 11 is 0. The molecule has 0 aliphatic carbocycles. The minimum Gasteiger partial charge on any atom is -0.379 e. The number of aliphatic imine (C=N–C) groups is 1. The van der Waals surface area contributed by atoms with Crippen LogP contribution in [0, 0.1) is 0 Å². The molecule has 1 aliphatic rings. The quantitative estimate of drug-likeness (QED) is 0.361. The molecule has 136 valence electrons. The normalized spacial score (nSPS) is 19.4. The zero-order valence-corrected chi connectivity index (χ0v) is 15.7. The number of ether oxygens (including phenoxy) is 2. The van der Waals surface area contributed by atoms with E-state index < -0.39 is 0 Å². The lowest BCUT2D eigenvalue weighted by Crippen LogP contribution is -2.44. The van der Waals surface area contributed by atoms with Gasteiger partial charge in [-0.15, -0.1) is 0 Å². The van der Waals surface area contributed by atoms with Crippen molar-refractivity contribution in [3.8, 4) is 0 Å². The summed E-state index contributed by atoms with van der Waals surface area (Å²) in [5, 5.41) is 6.66. The summed E-state index contributed by atoms with van der Waals surface area (Å²) in [6, 6.07) is 0. The van der Waals surface area contributed by atoms with Gasteiger partial charge in [-0.2, -0.15) is 0 Å². The van der Waals surface area contributed by atoms with E-state index in [4.69, 9.17) is 9.47 Å². The number of likely N-dealkylation sites (N-methyl/N-ethyl adjacent to an activating group) is 1. The lowest BCUT2D eigenvalue weighted by molar-refractivity contribution is 0.0168. The van der Waals surface area contributed by atoms with Gasteiger partial charge >= 0.3 is 0 Å². The minimum absolute atomic E-state index is 0.0484. The average Bonchev–Trinajstić information content (AvgIpc) is 3.01. The zero-order chi connectivity index (χ0) is 17.1. The Hall–Kier alpha value is -0.850. The molecule has 0 bridgehead atoms. The van der Waals surface area contributed by atoms with Gasteiger partial charge in [-0.05, 0) is 54.1 Å². The van der Waals surface area contributed by atoms with Gasteiger partial charge in [-0.25, -0.2) is 0 Å². The summed E-state index contributed by atoms with van der Waals surface area (Å²) < 4.78 is 11.2. The second kappa shape index (κ2) is 10.8. The van der Waals surface area contributed by atoms with E-state index in [1.165, 1.54) is 6.42 Å². The highest BCUT2D eigenvalue weighted by atomic mass is 16.5. The van der Waals surface area contributed by atoms with Crippen LogP contribution in [0.25, 0.3) is 0 Å². The van der Waals surface area contributed by atoms with Gasteiger partial charge in [-0.1, -0.05) is 0 Å². The number of rotatable bonds is 10. The summed E-state index contributed by atoms with van der Waals surface area (Å²) in [5.41, 5.74) is 0.0484. The summed E-state index contributed by atoms with van der Waals surface area (Å²) in [4.78, 5) is 6.87. The number of nitrogens with one attached hydrogen (secondary N) is 2. The molecule has 1 fully saturated rings. The van der Waals surface area contributed by atoms with Crippen LogP contribution in [0.15, 0.2) is 4.99 Å². The van der Waals surface area contributed by atoms with Crippen molar-refractivity contribution in [3.63, 3.8) is 0 Å². The molecule has 1 atom stereocenters. The molecule has 1 unspecified atom stereocenters. The maximum absolute atomic E-state index is 5.67. The third-order valence-corrected chi connectivity index (χ3v) is 4.26. The maximum atomic E-state index is 5.67. The van der Waals surface area contributed by atoms with Gasteiger partial charge in [-0.3, -0.25) is 4.99 Å². The van der Waals surface area contributed by atoms with Crippen molar-refractivity contribution in [2.45, 2.75) is 51.7 Å². The Balaban J connectivity index is 2.19. The predicted molar refractivity (Wildman–Crippen MR) is 96.2 cm³/mol. The zero-order valence-electron chi connectivity index (χ0n) is 15.7. The van der Waals surface area contributed by atoms with Crippen molar-refractivity contribution < 1.29 is 9.47 Å². The SMILES string of the molecule is CCNC(=NCC(C)(C)N(C)C)NCCCOCC1CCCO1. The third-order valence-electron chi connectivity index (χ3n) is 4.26. The number of hydrogen-bond donors (Lipinski definition) is 2. The molecule has 1 aliphatic heterocycles. The van der Waals surface area contributed by atoms with Crippen LogP contribution in [-0.2, 0) is 9.47 Å². The molecule has 6 nitrogen and oxygen atoms in total. The number of nitrogens with zero attached hydrogens (tertiary/aromatic N) is 2. The van der Waals surface area contributed by atoms with Crippen LogP contribution < -0.4 is 10.6 Å². The van der Waals surface area contributed by atoms with E-state index in [0.717, 1.165) is 58.3 Å². The van der Waals surface area contributed by atoms with Crippen LogP contribution in [0.3, 0.4) is 0 Å². The van der Waals surface area contributed by atoms with Crippen molar-refractivity contribution in [1.29, 1.82) is 0 Å². The van der Waals surface area contributed by atoms with Crippen LogP contribution >= 0.6 is 0 Å². The highest BCUT2D eigenvalue weighted by Gasteiger charge is 2.19. The molecule has 0 spiro atoms. The van der Waals surface area contributed by atoms with E-state index in [1.807, 2.05) is 0 Å². The average molecular weight is 329 g/mol. The summed E-state index contributed by atoms with van der Waals surface area (Å²) in [7, 11) is 4.17. The Kier molecular flexibility index (Phi) is 9.52. The van der Waals surface area contributed by atoms with Crippen LogP contribution in [0.5, 0.6) is 0 Å². The van der Waals surface area contributed by atoms with Gasteiger partial charge in [0.1, 0.15) is 0 Å². The molecular formula is C17H36N4O2. The lowest BCUT2D eigenvalue weighted by atomic mass is 10.1. The van der Waals surface area contributed by atoms with Crippen LogP contribution in [0.4, 0.5) is 0 Å². The van der Waals surface area contributed by atoms with Crippen molar-refractivity contribution >= 4 is 5.96 Å². The largest absolute Gasteiger partial charge is 0.379 e. The van der Waals surface area contributed by atoms with Gasteiger partial charge in [0.2, 0.25) is 0 Å². The molecule has 1 rings (SSSR count). The summed E-state index contributed by atoms with van der Waals surface area (Å²) in [6.07, 6.45) is 3.59. The molecule has 6 heteroatoms. The van der Waals surface area contributed by atoms with E-state index in [9.17, 15) is 0 Å². The van der Waals surface area contributed by atoms with E-state index in [0.29, 0.717) is 6.10 Å². The minimum atomic E-state index is 0.0484.